The molecule has 1 saturated heterocycles. The smallest absolute Gasteiger partial charge is 0.340 e. The predicted octanol–water partition coefficient (Wildman–Crippen LogP) is 2.09. The van der Waals surface area contributed by atoms with Crippen molar-refractivity contribution in [3.8, 4) is 0 Å². The number of carbonyl (C=O) groups excluding carboxylic acids is 2. The summed E-state index contributed by atoms with van der Waals surface area (Å²) in [5.41, 5.74) is 0.897. The van der Waals surface area contributed by atoms with Gasteiger partial charge in [-0.2, -0.15) is 9.40 Å². The second kappa shape index (κ2) is 9.51. The van der Waals surface area contributed by atoms with Crippen molar-refractivity contribution in [3.63, 3.8) is 0 Å². The van der Waals surface area contributed by atoms with Gasteiger partial charge in [0.2, 0.25) is 10.0 Å². The van der Waals surface area contributed by atoms with E-state index in [2.05, 4.69) is 10.1 Å². The molecule has 1 aliphatic rings. The van der Waals surface area contributed by atoms with Gasteiger partial charge >= 0.3 is 5.97 Å². The molecule has 0 N–H and O–H groups in total. The Kier molecular flexibility index (Phi) is 6.67. The van der Waals surface area contributed by atoms with Crippen molar-refractivity contribution in [3.05, 3.63) is 54.4 Å². The summed E-state index contributed by atoms with van der Waals surface area (Å²) in [7, 11) is -3.61. The number of benzene rings is 1. The van der Waals surface area contributed by atoms with Gasteiger partial charge in [-0.05, 0) is 39.0 Å². The first-order valence-electron chi connectivity index (χ1n) is 11.1. The number of hydrogen-bond donors (Lipinski definition) is 0. The van der Waals surface area contributed by atoms with Gasteiger partial charge in [-0.25, -0.2) is 22.9 Å². The predicted molar refractivity (Wildman–Crippen MR) is 125 cm³/mol. The molecule has 180 valence electrons. The van der Waals surface area contributed by atoms with Crippen LogP contribution in [0.4, 0.5) is 0 Å². The zero-order chi connectivity index (χ0) is 24.5. The normalized spacial score (nSPS) is 16.1. The Morgan fingerprint density at radius 3 is 2.32 bits per heavy atom. The molecule has 1 fully saturated rings. The second-order valence-electron chi connectivity index (χ2n) is 8.41. The van der Waals surface area contributed by atoms with Gasteiger partial charge in [0.15, 0.2) is 11.8 Å². The Balaban J connectivity index is 1.36. The summed E-state index contributed by atoms with van der Waals surface area (Å²) < 4.78 is 34.1. The van der Waals surface area contributed by atoms with Crippen LogP contribution in [0.5, 0.6) is 0 Å². The lowest BCUT2D eigenvalue weighted by Crippen LogP contribution is -2.52. The number of carbonyl (C=O) groups is 2. The SMILES string of the molecule is CC(C)n1ncc2cc(C(=O)O[C@H](C)C(=O)N3CCN(S(=O)(=O)c4ccccc4)CC3)cnc21. The van der Waals surface area contributed by atoms with Gasteiger partial charge in [-0.1, -0.05) is 18.2 Å². The fourth-order valence-electron chi connectivity index (χ4n) is 3.86. The van der Waals surface area contributed by atoms with Crippen LogP contribution in [0.1, 0.15) is 37.2 Å². The fourth-order valence-corrected chi connectivity index (χ4v) is 5.30. The van der Waals surface area contributed by atoms with Gasteiger partial charge in [0.25, 0.3) is 5.91 Å². The van der Waals surface area contributed by atoms with E-state index in [0.717, 1.165) is 0 Å². The van der Waals surface area contributed by atoms with Crippen LogP contribution in [0.25, 0.3) is 11.0 Å². The third-order valence-corrected chi connectivity index (χ3v) is 7.63. The molecular weight excluding hydrogens is 458 g/mol. The molecule has 1 aromatic carbocycles. The van der Waals surface area contributed by atoms with Gasteiger partial charge in [0, 0.05) is 43.8 Å². The minimum absolute atomic E-state index is 0.128. The van der Waals surface area contributed by atoms with Gasteiger partial charge < -0.3 is 9.64 Å². The van der Waals surface area contributed by atoms with Crippen LogP contribution in [-0.4, -0.2) is 76.5 Å². The highest BCUT2D eigenvalue weighted by atomic mass is 32.2. The molecular formula is C23H27N5O5S. The first-order valence-corrected chi connectivity index (χ1v) is 12.5. The Labute approximate surface area is 198 Å². The number of sulfonamides is 1. The van der Waals surface area contributed by atoms with Crippen molar-refractivity contribution in [1.82, 2.24) is 24.0 Å². The van der Waals surface area contributed by atoms with Crippen LogP contribution in [-0.2, 0) is 19.6 Å². The maximum Gasteiger partial charge on any atom is 0.340 e. The molecule has 2 aromatic heterocycles. The topological polar surface area (TPSA) is 115 Å². The van der Waals surface area contributed by atoms with Crippen molar-refractivity contribution < 1.29 is 22.7 Å². The second-order valence-corrected chi connectivity index (χ2v) is 10.3. The standard InChI is InChI=1S/C23H27N5O5S/c1-16(2)28-21-18(15-25-28)13-19(14-24-21)23(30)33-17(3)22(29)26-9-11-27(12-10-26)34(31,32)20-7-5-4-6-8-20/h4-8,13-17H,9-12H2,1-3H3/t17-/m1/s1. The molecule has 0 unspecified atom stereocenters. The molecule has 1 aliphatic heterocycles. The van der Waals surface area contributed by atoms with Gasteiger partial charge in [-0.3, -0.25) is 4.79 Å². The first-order chi connectivity index (χ1) is 16.2. The number of piperazine rings is 1. The third kappa shape index (κ3) is 4.66. The van der Waals surface area contributed by atoms with E-state index in [1.54, 1.807) is 47.3 Å². The van der Waals surface area contributed by atoms with E-state index in [0.29, 0.717) is 11.0 Å². The van der Waals surface area contributed by atoms with Crippen LogP contribution < -0.4 is 0 Å². The highest BCUT2D eigenvalue weighted by molar-refractivity contribution is 7.89. The quantitative estimate of drug-likeness (QED) is 0.491. The van der Waals surface area contributed by atoms with Gasteiger partial charge in [0.1, 0.15) is 0 Å². The number of nitrogens with zero attached hydrogens (tertiary/aromatic N) is 5. The Morgan fingerprint density at radius 2 is 1.68 bits per heavy atom. The largest absolute Gasteiger partial charge is 0.449 e. The van der Waals surface area contributed by atoms with E-state index < -0.39 is 22.1 Å². The van der Waals surface area contributed by atoms with Crippen molar-refractivity contribution in [2.45, 2.75) is 37.8 Å². The highest BCUT2D eigenvalue weighted by Crippen LogP contribution is 2.19. The zero-order valence-electron chi connectivity index (χ0n) is 19.3. The fraction of sp³-hybridized carbons (Fsp3) is 0.391. The Hall–Kier alpha value is -3.31. The number of fused-ring (bicyclic) bond motifs is 1. The Bertz CT molecular complexity index is 1300. The molecule has 0 aliphatic carbocycles. The summed E-state index contributed by atoms with van der Waals surface area (Å²) in [5, 5.41) is 4.99. The average molecular weight is 486 g/mol. The van der Waals surface area contributed by atoms with E-state index in [4.69, 9.17) is 4.74 Å². The number of ether oxygens (including phenoxy) is 1. The van der Waals surface area contributed by atoms with Crippen molar-refractivity contribution in [2.24, 2.45) is 0 Å². The molecule has 0 radical (unpaired) electrons. The molecule has 34 heavy (non-hydrogen) atoms. The maximum absolute atomic E-state index is 12.8. The lowest BCUT2D eigenvalue weighted by molar-refractivity contribution is -0.141. The molecule has 4 rings (SSSR count). The lowest BCUT2D eigenvalue weighted by Gasteiger charge is -2.35. The molecule has 1 amide bonds. The molecule has 3 aromatic rings. The number of aromatic nitrogens is 3. The summed E-state index contributed by atoms with van der Waals surface area (Å²) in [6, 6.07) is 9.97. The number of hydrogen-bond acceptors (Lipinski definition) is 7. The molecule has 1 atom stereocenters. The molecule has 11 heteroatoms. The molecule has 0 bridgehead atoms. The molecule has 3 heterocycles. The molecule has 0 saturated carbocycles. The van der Waals surface area contributed by atoms with Gasteiger partial charge in [-0.15, -0.1) is 0 Å². The van der Waals surface area contributed by atoms with Crippen LogP contribution in [0.3, 0.4) is 0 Å². The zero-order valence-corrected chi connectivity index (χ0v) is 20.1. The van der Waals surface area contributed by atoms with Crippen LogP contribution in [0, 0.1) is 0 Å². The molecule has 0 spiro atoms. The summed E-state index contributed by atoms with van der Waals surface area (Å²) >= 11 is 0. The molecule has 10 nitrogen and oxygen atoms in total. The minimum Gasteiger partial charge on any atom is -0.449 e. The average Bonchev–Trinajstić information content (AvgIpc) is 3.28. The highest BCUT2D eigenvalue weighted by Gasteiger charge is 2.32. The number of rotatable bonds is 6. The number of esters is 1. The van der Waals surface area contributed by atoms with E-state index in [-0.39, 0.29) is 48.6 Å². The van der Waals surface area contributed by atoms with E-state index in [1.807, 2.05) is 13.8 Å². The van der Waals surface area contributed by atoms with E-state index in [1.165, 1.54) is 22.3 Å². The van der Waals surface area contributed by atoms with Crippen molar-refractivity contribution in [1.29, 1.82) is 0 Å². The minimum atomic E-state index is -3.61. The van der Waals surface area contributed by atoms with Crippen molar-refractivity contribution in [2.75, 3.05) is 26.2 Å². The first kappa shape index (κ1) is 23.8. The summed E-state index contributed by atoms with van der Waals surface area (Å²) in [5.74, 6) is -1.02. The summed E-state index contributed by atoms with van der Waals surface area (Å²) in [6.07, 6.45) is 2.03. The lowest BCUT2D eigenvalue weighted by atomic mass is 10.2. The number of pyridine rings is 1. The van der Waals surface area contributed by atoms with Crippen LogP contribution in [0.15, 0.2) is 53.7 Å². The van der Waals surface area contributed by atoms with Crippen LogP contribution >= 0.6 is 0 Å². The number of amides is 1. The maximum atomic E-state index is 12.8. The monoisotopic (exact) mass is 485 g/mol. The van der Waals surface area contributed by atoms with E-state index in [9.17, 15) is 18.0 Å². The Morgan fingerprint density at radius 1 is 1.00 bits per heavy atom. The van der Waals surface area contributed by atoms with Crippen molar-refractivity contribution >= 4 is 32.9 Å². The summed E-state index contributed by atoms with van der Waals surface area (Å²) in [4.78, 5) is 31.5. The third-order valence-electron chi connectivity index (χ3n) is 5.72. The summed E-state index contributed by atoms with van der Waals surface area (Å²) in [6.45, 7) is 6.26. The van der Waals surface area contributed by atoms with E-state index >= 15 is 0 Å². The van der Waals surface area contributed by atoms with Crippen LogP contribution in [0.2, 0.25) is 0 Å². The van der Waals surface area contributed by atoms with Gasteiger partial charge in [0.05, 0.1) is 16.7 Å².